The number of aliphatic hydroxyl groups is 2. The van der Waals surface area contributed by atoms with Crippen LogP contribution in [0.15, 0.2) is 42.5 Å². The first-order valence-corrected chi connectivity index (χ1v) is 12.7. The number of methoxy groups -OCH3 is 1. The number of aliphatic hydroxyl groups excluding tert-OH is 2. The predicted molar refractivity (Wildman–Crippen MR) is 148 cm³/mol. The normalized spacial score (nSPS) is 23.5. The summed E-state index contributed by atoms with van der Waals surface area (Å²) in [4.78, 5) is 14.2. The molecule has 224 valence electrons. The fourth-order valence-corrected chi connectivity index (χ4v) is 4.35. The van der Waals surface area contributed by atoms with E-state index < -0.39 is 36.2 Å². The number of phenols is 2. The van der Waals surface area contributed by atoms with Gasteiger partial charge in [0.1, 0.15) is 41.7 Å². The summed E-state index contributed by atoms with van der Waals surface area (Å²) in [5.41, 5.74) is 0.273. The number of halogens is 1. The van der Waals surface area contributed by atoms with Gasteiger partial charge in [0.15, 0.2) is 17.9 Å². The summed E-state index contributed by atoms with van der Waals surface area (Å²) in [5.74, 6) is -0.995. The Morgan fingerprint density at radius 3 is 2.35 bits per heavy atom. The minimum atomic E-state index is -1.01. The maximum atomic E-state index is 12.1. The number of ketones is 1. The summed E-state index contributed by atoms with van der Waals surface area (Å²) in [7, 11) is 5.48. The van der Waals surface area contributed by atoms with Gasteiger partial charge in [0.2, 0.25) is 0 Å². The summed E-state index contributed by atoms with van der Waals surface area (Å²) in [6, 6.07) is 10.6. The molecule has 0 saturated carbocycles. The molecule has 0 bridgehead atoms. The molecule has 5 unspecified atom stereocenters. The number of rotatable bonds is 10. The van der Waals surface area contributed by atoms with Crippen LogP contribution >= 0.6 is 12.4 Å². The molecule has 0 radical (unpaired) electrons. The van der Waals surface area contributed by atoms with Gasteiger partial charge in [-0.3, -0.25) is 4.79 Å². The van der Waals surface area contributed by atoms with Crippen molar-refractivity contribution in [2.75, 3.05) is 41.0 Å². The number of nitrogens with zero attached hydrogens (tertiary/aromatic N) is 1. The van der Waals surface area contributed by atoms with E-state index in [1.165, 1.54) is 31.4 Å². The average Bonchev–Trinajstić information content (AvgIpc) is 3.37. The Morgan fingerprint density at radius 1 is 1.07 bits per heavy atom. The Labute approximate surface area is 240 Å². The van der Waals surface area contributed by atoms with E-state index in [2.05, 4.69) is 4.90 Å². The fraction of sp³-hybridized carbons (Fsp3) is 0.536. The van der Waals surface area contributed by atoms with Crippen LogP contribution in [0.4, 0.5) is 0 Å². The third-order valence-corrected chi connectivity index (χ3v) is 6.25. The number of carbonyl (C=O) groups is 1. The topological polar surface area (TPSA) is 147 Å². The van der Waals surface area contributed by atoms with Crippen LogP contribution in [0.2, 0.25) is 0 Å². The van der Waals surface area contributed by atoms with E-state index in [-0.39, 0.29) is 47.7 Å². The molecule has 11 nitrogen and oxygen atoms in total. The average molecular weight is 586 g/mol. The Hall–Kier alpha value is -2.48. The lowest BCUT2D eigenvalue weighted by atomic mass is 10.0. The molecule has 12 heteroatoms. The van der Waals surface area contributed by atoms with E-state index in [1.54, 1.807) is 18.2 Å². The van der Waals surface area contributed by atoms with Crippen LogP contribution in [-0.2, 0) is 18.9 Å². The van der Waals surface area contributed by atoms with Crippen molar-refractivity contribution < 1.29 is 48.9 Å². The van der Waals surface area contributed by atoms with E-state index in [0.717, 1.165) is 13.0 Å². The molecule has 4 rings (SSSR count). The maximum absolute atomic E-state index is 12.1. The van der Waals surface area contributed by atoms with Gasteiger partial charge in [-0.2, -0.15) is 0 Å². The van der Waals surface area contributed by atoms with Crippen LogP contribution in [0.1, 0.15) is 36.2 Å². The molecular formula is C28H40ClNO10. The van der Waals surface area contributed by atoms with Crippen LogP contribution in [0.3, 0.4) is 0 Å². The minimum absolute atomic E-state index is 0. The quantitative estimate of drug-likeness (QED) is 0.240. The monoisotopic (exact) mass is 585 g/mol. The van der Waals surface area contributed by atoms with Crippen molar-refractivity contribution >= 4 is 18.2 Å². The predicted octanol–water partition coefficient (Wildman–Crippen LogP) is 2.31. The van der Waals surface area contributed by atoms with Gasteiger partial charge in [-0.05, 0) is 65.2 Å². The van der Waals surface area contributed by atoms with Crippen molar-refractivity contribution in [3.8, 4) is 17.2 Å². The number of hydrogen-bond donors (Lipinski definition) is 4. The standard InChI is InChI=1S/C14H27NO6.C14H12O4.ClH/c1-14(2)20-12-11(18-7-5-6-15(3)4)10(9(17)8-16)19-13(12)21-14;1-18-9-6-7-11(13(16)8-9)14(17)10-4-2-3-5-12(10)15;/h9-13,16-17H,5-8H2,1-4H3;2-8,15-16H,1H3;1H. The zero-order valence-corrected chi connectivity index (χ0v) is 24.2. The molecule has 0 aliphatic carbocycles. The van der Waals surface area contributed by atoms with Gasteiger partial charge in [0.05, 0.1) is 24.8 Å². The summed E-state index contributed by atoms with van der Waals surface area (Å²) in [6.07, 6.45) is -2.17. The van der Waals surface area contributed by atoms with E-state index in [9.17, 15) is 20.1 Å². The van der Waals surface area contributed by atoms with Gasteiger partial charge < -0.3 is 49.0 Å². The highest BCUT2D eigenvalue weighted by Crippen LogP contribution is 2.39. The minimum Gasteiger partial charge on any atom is -0.507 e. The van der Waals surface area contributed by atoms with Crippen molar-refractivity contribution in [1.82, 2.24) is 4.90 Å². The molecule has 2 heterocycles. The smallest absolute Gasteiger partial charge is 0.200 e. The largest absolute Gasteiger partial charge is 0.507 e. The molecule has 2 aromatic carbocycles. The van der Waals surface area contributed by atoms with Crippen LogP contribution in [0.25, 0.3) is 0 Å². The van der Waals surface area contributed by atoms with E-state index in [1.807, 2.05) is 27.9 Å². The van der Waals surface area contributed by atoms with E-state index >= 15 is 0 Å². The van der Waals surface area contributed by atoms with Crippen molar-refractivity contribution in [2.24, 2.45) is 0 Å². The van der Waals surface area contributed by atoms with E-state index in [4.69, 9.17) is 28.8 Å². The molecular weight excluding hydrogens is 546 g/mol. The molecule has 2 aromatic rings. The maximum Gasteiger partial charge on any atom is 0.200 e. The van der Waals surface area contributed by atoms with Crippen molar-refractivity contribution in [3.05, 3.63) is 53.6 Å². The number of fused-ring (bicyclic) bond motifs is 1. The van der Waals surface area contributed by atoms with Gasteiger partial charge in [-0.15, -0.1) is 12.4 Å². The van der Waals surface area contributed by atoms with Crippen LogP contribution in [-0.4, -0.2) is 109 Å². The fourth-order valence-electron chi connectivity index (χ4n) is 4.35. The van der Waals surface area contributed by atoms with Gasteiger partial charge in [0.25, 0.3) is 0 Å². The first kappa shape index (κ1) is 33.7. The summed E-state index contributed by atoms with van der Waals surface area (Å²) < 4.78 is 27.9. The Bertz CT molecular complexity index is 1100. The van der Waals surface area contributed by atoms with Crippen molar-refractivity contribution in [2.45, 2.75) is 56.8 Å². The van der Waals surface area contributed by atoms with E-state index in [0.29, 0.717) is 12.4 Å². The zero-order chi connectivity index (χ0) is 28.7. The lowest BCUT2D eigenvalue weighted by Gasteiger charge is -2.28. The molecule has 2 aliphatic heterocycles. The number of carbonyl (C=O) groups excluding carboxylic acids is 1. The van der Waals surface area contributed by atoms with Crippen LogP contribution < -0.4 is 4.74 Å². The number of phenolic OH excluding ortho intramolecular Hbond substituents is 2. The number of aromatic hydroxyl groups is 2. The highest BCUT2D eigenvalue weighted by atomic mass is 35.5. The van der Waals surface area contributed by atoms with Crippen LogP contribution in [0, 0.1) is 0 Å². The SMILES string of the molecule is CN(C)CCCOC1C(C(O)CO)OC2OC(C)(C)OC21.COc1ccc(C(=O)c2ccccc2O)c(O)c1.Cl. The van der Waals surface area contributed by atoms with Crippen molar-refractivity contribution in [3.63, 3.8) is 0 Å². The lowest BCUT2D eigenvalue weighted by Crippen LogP contribution is -2.44. The Kier molecular flexibility index (Phi) is 12.6. The molecule has 2 fully saturated rings. The second kappa shape index (κ2) is 14.9. The van der Waals surface area contributed by atoms with Gasteiger partial charge >= 0.3 is 0 Å². The molecule has 0 aromatic heterocycles. The Morgan fingerprint density at radius 2 is 1.75 bits per heavy atom. The summed E-state index contributed by atoms with van der Waals surface area (Å²) >= 11 is 0. The molecule has 2 saturated heterocycles. The molecule has 5 atom stereocenters. The van der Waals surface area contributed by atoms with Gasteiger partial charge in [-0.25, -0.2) is 0 Å². The molecule has 2 aliphatic rings. The molecule has 40 heavy (non-hydrogen) atoms. The molecule has 4 N–H and O–H groups in total. The van der Waals surface area contributed by atoms with Gasteiger partial charge in [0, 0.05) is 12.7 Å². The molecule has 0 amide bonds. The zero-order valence-electron chi connectivity index (χ0n) is 23.4. The number of hydrogen-bond acceptors (Lipinski definition) is 11. The highest BCUT2D eigenvalue weighted by molar-refractivity contribution is 6.12. The lowest BCUT2D eigenvalue weighted by molar-refractivity contribution is -0.231. The summed E-state index contributed by atoms with van der Waals surface area (Å²) in [5, 5.41) is 38.4. The first-order valence-electron chi connectivity index (χ1n) is 12.7. The number of benzene rings is 2. The molecule has 0 spiro atoms. The Balaban J connectivity index is 0.000000276. The number of para-hydroxylation sites is 1. The third kappa shape index (κ3) is 8.51. The summed E-state index contributed by atoms with van der Waals surface area (Å²) in [6.45, 7) is 4.70. The first-order chi connectivity index (χ1) is 18.5. The van der Waals surface area contributed by atoms with Crippen LogP contribution in [0.5, 0.6) is 17.2 Å². The highest BCUT2D eigenvalue weighted by Gasteiger charge is 2.56. The second-order valence-corrected chi connectivity index (χ2v) is 10.0. The van der Waals surface area contributed by atoms with Gasteiger partial charge in [-0.1, -0.05) is 12.1 Å². The number of ether oxygens (including phenoxy) is 5. The third-order valence-electron chi connectivity index (χ3n) is 6.25. The van der Waals surface area contributed by atoms with Crippen molar-refractivity contribution in [1.29, 1.82) is 0 Å². The second-order valence-electron chi connectivity index (χ2n) is 10.0.